The summed E-state index contributed by atoms with van der Waals surface area (Å²) in [4.78, 5) is 18.5. The van der Waals surface area contributed by atoms with Gasteiger partial charge in [0.15, 0.2) is 0 Å². The van der Waals surface area contributed by atoms with Crippen molar-refractivity contribution in [2.75, 3.05) is 47.4 Å². The molecule has 3 aromatic carbocycles. The van der Waals surface area contributed by atoms with Gasteiger partial charge in [-0.25, -0.2) is 0 Å². The molecule has 0 aromatic heterocycles. The molecule has 0 radical (unpaired) electrons. The minimum absolute atomic E-state index is 0.108. The zero-order chi connectivity index (χ0) is 25.0. The number of carbonyl (C=O) groups is 1. The van der Waals surface area contributed by atoms with Crippen molar-refractivity contribution < 1.29 is 14.3 Å². The fraction of sp³-hybridized carbons (Fsp3) is 0.357. The number of rotatable bonds is 7. The van der Waals surface area contributed by atoms with Gasteiger partial charge in [0.05, 0.1) is 19.8 Å². The maximum absolute atomic E-state index is 14.0. The van der Waals surface area contributed by atoms with E-state index in [1.165, 1.54) is 0 Å². The van der Waals surface area contributed by atoms with Gasteiger partial charge in [0.1, 0.15) is 23.1 Å². The molecule has 1 saturated heterocycles. The number of hydrogen-bond donors (Lipinski definition) is 1. The highest BCUT2D eigenvalue weighted by molar-refractivity contribution is 5.91. The minimum Gasteiger partial charge on any atom is -0.497 e. The zero-order valence-electron chi connectivity index (χ0n) is 20.8. The number of nitrogens with one attached hydrogen (secondary N) is 1. The van der Waals surface area contributed by atoms with Crippen LogP contribution in [0, 0.1) is 11.3 Å². The molecule has 182 valence electrons. The summed E-state index contributed by atoms with van der Waals surface area (Å²) in [5, 5.41) is 14.8. The number of likely N-dealkylation sites (N-methyl/N-ethyl adjacent to an activating group) is 1. The Bertz CT molecular complexity index is 1260. The number of nitriles is 1. The van der Waals surface area contributed by atoms with E-state index in [9.17, 15) is 10.1 Å². The third-order valence-electron chi connectivity index (χ3n) is 7.06. The molecule has 0 saturated carbocycles. The number of benzene rings is 3. The van der Waals surface area contributed by atoms with E-state index in [0.717, 1.165) is 48.1 Å². The lowest BCUT2D eigenvalue weighted by atomic mass is 9.87. The first-order valence-electron chi connectivity index (χ1n) is 11.8. The molecule has 7 nitrogen and oxygen atoms in total. The Morgan fingerprint density at radius 2 is 1.80 bits per heavy atom. The van der Waals surface area contributed by atoms with E-state index < -0.39 is 5.54 Å². The Labute approximate surface area is 206 Å². The standard InChI is InChI=1S/C28H32N4O3/c1-28(32-14-12-31(2)13-15-32,22-9-7-10-23(17-22)34-3)27(33)30-19-25-24-11-6-5-8-20(24)16-21(18-29)26(25)35-4/h5-11,16-17H,12-15,19H2,1-4H3,(H,30,33). The second kappa shape index (κ2) is 10.3. The molecule has 0 aliphatic carbocycles. The maximum atomic E-state index is 14.0. The summed E-state index contributed by atoms with van der Waals surface area (Å²) in [5.41, 5.74) is 1.22. The van der Waals surface area contributed by atoms with Crippen LogP contribution in [0.15, 0.2) is 54.6 Å². The van der Waals surface area contributed by atoms with Crippen molar-refractivity contribution in [3.63, 3.8) is 0 Å². The molecule has 1 aliphatic heterocycles. The van der Waals surface area contributed by atoms with Crippen LogP contribution < -0.4 is 14.8 Å². The average molecular weight is 473 g/mol. The summed E-state index contributed by atoms with van der Waals surface area (Å²) in [6.07, 6.45) is 0. The van der Waals surface area contributed by atoms with E-state index in [0.29, 0.717) is 17.1 Å². The first-order valence-corrected chi connectivity index (χ1v) is 11.8. The summed E-state index contributed by atoms with van der Waals surface area (Å²) in [5.74, 6) is 1.10. The van der Waals surface area contributed by atoms with Crippen molar-refractivity contribution in [1.82, 2.24) is 15.1 Å². The number of piperazine rings is 1. The van der Waals surface area contributed by atoms with Crippen molar-refractivity contribution >= 4 is 16.7 Å². The molecule has 35 heavy (non-hydrogen) atoms. The second-order valence-corrected chi connectivity index (χ2v) is 9.05. The van der Waals surface area contributed by atoms with E-state index in [1.807, 2.05) is 61.5 Å². The fourth-order valence-corrected chi connectivity index (χ4v) is 4.87. The normalized spacial score (nSPS) is 16.3. The summed E-state index contributed by atoms with van der Waals surface area (Å²) in [7, 11) is 5.28. The summed E-state index contributed by atoms with van der Waals surface area (Å²) < 4.78 is 11.1. The van der Waals surface area contributed by atoms with Crippen molar-refractivity contribution in [2.24, 2.45) is 0 Å². The third-order valence-corrected chi connectivity index (χ3v) is 7.06. The molecular formula is C28H32N4O3. The van der Waals surface area contributed by atoms with Crippen LogP contribution in [0.4, 0.5) is 0 Å². The zero-order valence-corrected chi connectivity index (χ0v) is 20.8. The molecule has 1 fully saturated rings. The average Bonchev–Trinajstić information content (AvgIpc) is 2.90. The topological polar surface area (TPSA) is 77.8 Å². The van der Waals surface area contributed by atoms with Crippen molar-refractivity contribution in [3.05, 3.63) is 71.3 Å². The molecule has 1 amide bonds. The third kappa shape index (κ3) is 4.68. The van der Waals surface area contributed by atoms with Crippen LogP contribution in [0.3, 0.4) is 0 Å². The lowest BCUT2D eigenvalue weighted by Gasteiger charge is -2.44. The van der Waals surface area contributed by atoms with Crippen LogP contribution in [-0.2, 0) is 16.9 Å². The molecule has 0 spiro atoms. The molecule has 3 aromatic rings. The number of hydrogen-bond acceptors (Lipinski definition) is 6. The molecule has 4 rings (SSSR count). The predicted octanol–water partition coefficient (Wildman–Crippen LogP) is 3.51. The quantitative estimate of drug-likeness (QED) is 0.567. The predicted molar refractivity (Wildman–Crippen MR) is 136 cm³/mol. The second-order valence-electron chi connectivity index (χ2n) is 9.05. The van der Waals surface area contributed by atoms with Crippen LogP contribution in [-0.4, -0.2) is 63.2 Å². The molecule has 1 atom stereocenters. The molecule has 1 aliphatic rings. The molecule has 7 heteroatoms. The monoisotopic (exact) mass is 472 g/mol. The number of nitrogens with zero attached hydrogens (tertiary/aromatic N) is 3. The smallest absolute Gasteiger partial charge is 0.245 e. The van der Waals surface area contributed by atoms with Crippen LogP contribution in [0.2, 0.25) is 0 Å². The van der Waals surface area contributed by atoms with E-state index >= 15 is 0 Å². The van der Waals surface area contributed by atoms with Gasteiger partial charge in [0, 0.05) is 38.3 Å². The van der Waals surface area contributed by atoms with Crippen LogP contribution >= 0.6 is 0 Å². The number of ether oxygens (including phenoxy) is 2. The lowest BCUT2D eigenvalue weighted by molar-refractivity contribution is -0.135. The molecular weight excluding hydrogens is 440 g/mol. The Hall–Kier alpha value is -3.60. The number of amides is 1. The van der Waals surface area contributed by atoms with Crippen LogP contribution in [0.1, 0.15) is 23.6 Å². The Balaban J connectivity index is 1.72. The summed E-state index contributed by atoms with van der Waals surface area (Å²) in [6, 6.07) is 19.6. The summed E-state index contributed by atoms with van der Waals surface area (Å²) >= 11 is 0. The molecule has 1 heterocycles. The van der Waals surface area contributed by atoms with Gasteiger partial charge in [0.25, 0.3) is 0 Å². The number of fused-ring (bicyclic) bond motifs is 1. The first-order chi connectivity index (χ1) is 16.9. The first kappa shape index (κ1) is 24.5. The number of methoxy groups -OCH3 is 2. The molecule has 1 N–H and O–H groups in total. The Morgan fingerprint density at radius 3 is 2.49 bits per heavy atom. The highest BCUT2D eigenvalue weighted by Gasteiger charge is 2.42. The Morgan fingerprint density at radius 1 is 1.06 bits per heavy atom. The van der Waals surface area contributed by atoms with Gasteiger partial charge in [0.2, 0.25) is 5.91 Å². The van der Waals surface area contributed by atoms with Gasteiger partial charge >= 0.3 is 0 Å². The highest BCUT2D eigenvalue weighted by Crippen LogP contribution is 2.34. The molecule has 0 bridgehead atoms. The SMILES string of the molecule is COc1cccc(C(C)(C(=O)NCc2c(OC)c(C#N)cc3ccccc23)N2CCN(C)CC2)c1. The van der Waals surface area contributed by atoms with Gasteiger partial charge < -0.3 is 19.7 Å². The van der Waals surface area contributed by atoms with E-state index in [-0.39, 0.29) is 12.5 Å². The van der Waals surface area contributed by atoms with E-state index in [4.69, 9.17) is 9.47 Å². The maximum Gasteiger partial charge on any atom is 0.245 e. The van der Waals surface area contributed by atoms with Crippen LogP contribution in [0.25, 0.3) is 10.8 Å². The van der Waals surface area contributed by atoms with Gasteiger partial charge in [-0.1, -0.05) is 36.4 Å². The van der Waals surface area contributed by atoms with Crippen molar-refractivity contribution in [1.29, 1.82) is 5.26 Å². The largest absolute Gasteiger partial charge is 0.497 e. The van der Waals surface area contributed by atoms with Crippen molar-refractivity contribution in [3.8, 4) is 17.6 Å². The van der Waals surface area contributed by atoms with Crippen LogP contribution in [0.5, 0.6) is 11.5 Å². The van der Waals surface area contributed by atoms with E-state index in [1.54, 1.807) is 14.2 Å². The molecule has 1 unspecified atom stereocenters. The van der Waals surface area contributed by atoms with Gasteiger partial charge in [-0.15, -0.1) is 0 Å². The summed E-state index contributed by atoms with van der Waals surface area (Å²) in [6.45, 7) is 5.53. The van der Waals surface area contributed by atoms with Gasteiger partial charge in [-0.2, -0.15) is 5.26 Å². The van der Waals surface area contributed by atoms with Crippen molar-refractivity contribution in [2.45, 2.75) is 19.0 Å². The fourth-order valence-electron chi connectivity index (χ4n) is 4.87. The minimum atomic E-state index is -0.897. The number of carbonyl (C=O) groups excluding carboxylic acids is 1. The highest BCUT2D eigenvalue weighted by atomic mass is 16.5. The van der Waals surface area contributed by atoms with Gasteiger partial charge in [-0.05, 0) is 48.5 Å². The van der Waals surface area contributed by atoms with E-state index in [2.05, 4.69) is 28.2 Å². The lowest BCUT2D eigenvalue weighted by Crippen LogP contribution is -2.59. The Kier molecular flexibility index (Phi) is 7.25. The van der Waals surface area contributed by atoms with Gasteiger partial charge in [-0.3, -0.25) is 9.69 Å².